The van der Waals surface area contributed by atoms with Crippen LogP contribution >= 0.6 is 11.8 Å². The van der Waals surface area contributed by atoms with Gasteiger partial charge in [-0.25, -0.2) is 9.78 Å². The van der Waals surface area contributed by atoms with Crippen LogP contribution in [-0.4, -0.2) is 64.8 Å². The lowest BCUT2D eigenvalue weighted by Gasteiger charge is -2.36. The molecule has 176 valence electrons. The van der Waals surface area contributed by atoms with Gasteiger partial charge in [-0.05, 0) is 52.0 Å². The van der Waals surface area contributed by atoms with Crippen molar-refractivity contribution in [2.24, 2.45) is 0 Å². The normalized spacial score (nSPS) is 14.6. The standard InChI is InChI=1S/C24H31N5O3S/c1-16-20(25-9-8-21(16)31-5)15-33-22-26-18-7-6-17(14-19(18)27-22)28-10-12-29(13-11-28)23(30)32-24(2,3)4/h6-9,14H,10-13,15H2,1-5H3,(H,26,27). The highest BCUT2D eigenvalue weighted by atomic mass is 32.2. The molecule has 9 heteroatoms. The summed E-state index contributed by atoms with van der Waals surface area (Å²) in [5.74, 6) is 1.56. The molecule has 1 aliphatic rings. The fraction of sp³-hybridized carbons (Fsp3) is 0.458. The average Bonchev–Trinajstić information content (AvgIpc) is 3.19. The van der Waals surface area contributed by atoms with Crippen molar-refractivity contribution in [1.82, 2.24) is 19.9 Å². The number of nitrogens with one attached hydrogen (secondary N) is 1. The number of piperazine rings is 1. The van der Waals surface area contributed by atoms with Gasteiger partial charge in [0.05, 0.1) is 23.8 Å². The molecule has 0 aliphatic carbocycles. The molecule has 4 rings (SSSR count). The van der Waals surface area contributed by atoms with E-state index in [0.29, 0.717) is 18.8 Å². The van der Waals surface area contributed by atoms with E-state index in [-0.39, 0.29) is 6.09 Å². The van der Waals surface area contributed by atoms with Crippen molar-refractivity contribution in [1.29, 1.82) is 0 Å². The van der Waals surface area contributed by atoms with E-state index in [1.807, 2.05) is 33.8 Å². The molecule has 3 heterocycles. The molecule has 0 spiro atoms. The number of H-pyrrole nitrogens is 1. The lowest BCUT2D eigenvalue weighted by atomic mass is 10.2. The molecule has 8 nitrogen and oxygen atoms in total. The largest absolute Gasteiger partial charge is 0.496 e. The van der Waals surface area contributed by atoms with E-state index in [0.717, 1.165) is 52.0 Å². The van der Waals surface area contributed by atoms with Crippen LogP contribution in [0.3, 0.4) is 0 Å². The summed E-state index contributed by atoms with van der Waals surface area (Å²) in [5.41, 5.74) is 4.61. The maximum Gasteiger partial charge on any atom is 0.410 e. The lowest BCUT2D eigenvalue weighted by Crippen LogP contribution is -2.50. The van der Waals surface area contributed by atoms with Crippen molar-refractivity contribution < 1.29 is 14.3 Å². The number of nitrogens with zero attached hydrogens (tertiary/aromatic N) is 4. The highest BCUT2D eigenvalue weighted by Crippen LogP contribution is 2.28. The molecule has 1 saturated heterocycles. The molecule has 1 aromatic carbocycles. The lowest BCUT2D eigenvalue weighted by molar-refractivity contribution is 0.0240. The summed E-state index contributed by atoms with van der Waals surface area (Å²) >= 11 is 1.63. The molecular formula is C24H31N5O3S. The van der Waals surface area contributed by atoms with E-state index < -0.39 is 5.60 Å². The molecule has 2 aromatic heterocycles. The third kappa shape index (κ3) is 5.52. The molecule has 0 unspecified atom stereocenters. The summed E-state index contributed by atoms with van der Waals surface area (Å²) in [5, 5.41) is 0.862. The quantitative estimate of drug-likeness (QED) is 0.546. The number of imidazole rings is 1. The number of thioether (sulfide) groups is 1. The molecule has 0 radical (unpaired) electrons. The maximum atomic E-state index is 12.3. The first-order valence-corrected chi connectivity index (χ1v) is 12.1. The van der Waals surface area contributed by atoms with E-state index in [1.165, 1.54) is 0 Å². The Morgan fingerprint density at radius 3 is 2.64 bits per heavy atom. The molecule has 1 aliphatic heterocycles. The van der Waals surface area contributed by atoms with Gasteiger partial charge in [-0.3, -0.25) is 4.98 Å². The Morgan fingerprint density at radius 1 is 1.18 bits per heavy atom. The van der Waals surface area contributed by atoms with Crippen LogP contribution in [0.25, 0.3) is 11.0 Å². The Hall–Kier alpha value is -2.94. The molecule has 0 bridgehead atoms. The zero-order chi connectivity index (χ0) is 23.6. The van der Waals surface area contributed by atoms with Gasteiger partial charge in [0.25, 0.3) is 0 Å². The van der Waals surface area contributed by atoms with Gasteiger partial charge in [-0.2, -0.15) is 0 Å². The number of ether oxygens (including phenoxy) is 2. The number of benzene rings is 1. The predicted octanol–water partition coefficient (Wildman–Crippen LogP) is 4.62. The van der Waals surface area contributed by atoms with Gasteiger partial charge >= 0.3 is 6.09 Å². The third-order valence-electron chi connectivity index (χ3n) is 5.57. The Bertz CT molecular complexity index is 1130. The average molecular weight is 470 g/mol. The molecule has 0 saturated carbocycles. The summed E-state index contributed by atoms with van der Waals surface area (Å²) in [6, 6.07) is 8.15. The zero-order valence-electron chi connectivity index (χ0n) is 19.8. The Labute approximate surface area is 198 Å². The number of aromatic nitrogens is 3. The number of anilines is 1. The van der Waals surface area contributed by atoms with Crippen LogP contribution in [0, 0.1) is 6.92 Å². The van der Waals surface area contributed by atoms with Crippen molar-refractivity contribution in [3.63, 3.8) is 0 Å². The molecule has 1 N–H and O–H groups in total. The fourth-order valence-corrected chi connectivity index (χ4v) is 4.68. The number of fused-ring (bicyclic) bond motifs is 1. The van der Waals surface area contributed by atoms with E-state index in [2.05, 4.69) is 33.1 Å². The maximum absolute atomic E-state index is 12.3. The molecule has 0 atom stereocenters. The Balaban J connectivity index is 1.39. The highest BCUT2D eigenvalue weighted by Gasteiger charge is 2.26. The summed E-state index contributed by atoms with van der Waals surface area (Å²) in [6.07, 6.45) is 1.53. The number of carbonyl (C=O) groups is 1. The first-order valence-electron chi connectivity index (χ1n) is 11.1. The minimum Gasteiger partial charge on any atom is -0.496 e. The van der Waals surface area contributed by atoms with Crippen molar-refractivity contribution in [3.05, 3.63) is 41.7 Å². The number of methoxy groups -OCH3 is 1. The van der Waals surface area contributed by atoms with Crippen LogP contribution in [0.4, 0.5) is 10.5 Å². The first-order chi connectivity index (χ1) is 15.7. The summed E-state index contributed by atoms with van der Waals surface area (Å²) in [7, 11) is 1.67. The second kappa shape index (κ2) is 9.51. The fourth-order valence-electron chi connectivity index (χ4n) is 3.77. The third-order valence-corrected chi connectivity index (χ3v) is 6.45. The number of hydrogen-bond donors (Lipinski definition) is 1. The molecule has 1 fully saturated rings. The number of aromatic amines is 1. The van der Waals surface area contributed by atoms with Crippen LogP contribution in [0.1, 0.15) is 32.0 Å². The van der Waals surface area contributed by atoms with Crippen molar-refractivity contribution in [2.45, 2.75) is 44.2 Å². The SMILES string of the molecule is COc1ccnc(CSc2nc3cc(N4CCN(C(=O)OC(C)(C)C)CC4)ccc3[nH]2)c1C. The van der Waals surface area contributed by atoms with Gasteiger partial charge in [0.1, 0.15) is 11.4 Å². The second-order valence-electron chi connectivity index (χ2n) is 9.07. The topological polar surface area (TPSA) is 83.6 Å². The highest BCUT2D eigenvalue weighted by molar-refractivity contribution is 7.98. The minimum atomic E-state index is -0.476. The first kappa shape index (κ1) is 23.2. The number of rotatable bonds is 5. The number of pyridine rings is 1. The number of amides is 1. The van der Waals surface area contributed by atoms with E-state index in [1.54, 1.807) is 30.0 Å². The van der Waals surface area contributed by atoms with E-state index >= 15 is 0 Å². The molecular weight excluding hydrogens is 438 g/mol. The van der Waals surface area contributed by atoms with Crippen LogP contribution < -0.4 is 9.64 Å². The zero-order valence-corrected chi connectivity index (χ0v) is 20.7. The van der Waals surface area contributed by atoms with Gasteiger partial charge in [-0.1, -0.05) is 11.8 Å². The summed E-state index contributed by atoms with van der Waals surface area (Å²) in [6.45, 7) is 10.5. The minimum absolute atomic E-state index is 0.243. The van der Waals surface area contributed by atoms with Gasteiger partial charge in [0.15, 0.2) is 5.16 Å². The smallest absolute Gasteiger partial charge is 0.410 e. The second-order valence-corrected chi connectivity index (χ2v) is 10.0. The Kier molecular flexibility index (Phi) is 6.69. The van der Waals surface area contributed by atoms with Gasteiger partial charge in [0.2, 0.25) is 0 Å². The predicted molar refractivity (Wildman–Crippen MR) is 131 cm³/mol. The molecule has 33 heavy (non-hydrogen) atoms. The molecule has 1 amide bonds. The van der Waals surface area contributed by atoms with Crippen LogP contribution in [0.5, 0.6) is 5.75 Å². The monoisotopic (exact) mass is 469 g/mol. The van der Waals surface area contributed by atoms with Crippen molar-refractivity contribution in [2.75, 3.05) is 38.2 Å². The summed E-state index contributed by atoms with van der Waals surface area (Å²) < 4.78 is 10.9. The van der Waals surface area contributed by atoms with E-state index in [9.17, 15) is 4.79 Å². The van der Waals surface area contributed by atoms with Crippen molar-refractivity contribution >= 4 is 34.6 Å². The Morgan fingerprint density at radius 2 is 1.94 bits per heavy atom. The van der Waals surface area contributed by atoms with Crippen LogP contribution in [0.15, 0.2) is 35.6 Å². The van der Waals surface area contributed by atoms with Crippen LogP contribution in [0.2, 0.25) is 0 Å². The van der Waals surface area contributed by atoms with Gasteiger partial charge in [0, 0.05) is 49.4 Å². The van der Waals surface area contributed by atoms with Crippen LogP contribution in [-0.2, 0) is 10.5 Å². The van der Waals surface area contributed by atoms with Gasteiger partial charge in [-0.15, -0.1) is 0 Å². The molecule has 3 aromatic rings. The van der Waals surface area contributed by atoms with Gasteiger partial charge < -0.3 is 24.3 Å². The summed E-state index contributed by atoms with van der Waals surface area (Å²) in [4.78, 5) is 29.0. The van der Waals surface area contributed by atoms with E-state index in [4.69, 9.17) is 14.5 Å². The number of hydrogen-bond acceptors (Lipinski definition) is 7. The number of carbonyl (C=O) groups excluding carboxylic acids is 1. The van der Waals surface area contributed by atoms with Crippen molar-refractivity contribution in [3.8, 4) is 5.75 Å².